The molecule has 0 atom stereocenters. The second-order valence-electron chi connectivity index (χ2n) is 6.02. The Kier molecular flexibility index (Phi) is 4.15. The molecule has 0 aliphatic carbocycles. The topological polar surface area (TPSA) is 57.8 Å². The minimum atomic E-state index is -0.0673. The van der Waals surface area contributed by atoms with Crippen LogP contribution in [-0.4, -0.2) is 22.6 Å². The van der Waals surface area contributed by atoms with Gasteiger partial charge < -0.3 is 5.32 Å². The molecule has 118 valence electrons. The third-order valence-electron chi connectivity index (χ3n) is 4.22. The van der Waals surface area contributed by atoms with E-state index in [4.69, 9.17) is 0 Å². The number of carbonyl (C=O) groups is 1. The first kappa shape index (κ1) is 15.3. The number of fused-ring (bicyclic) bond motifs is 1. The largest absolute Gasteiger partial charge is 0.352 e. The van der Waals surface area contributed by atoms with Crippen LogP contribution in [0.15, 0.2) is 36.5 Å². The summed E-state index contributed by atoms with van der Waals surface area (Å²) in [6.45, 7) is 6.98. The van der Waals surface area contributed by atoms with Crippen LogP contribution in [0.4, 0.5) is 0 Å². The number of aromatic nitrogens is 2. The van der Waals surface area contributed by atoms with E-state index in [-0.39, 0.29) is 5.91 Å². The summed E-state index contributed by atoms with van der Waals surface area (Å²) in [5.74, 6) is -0.0673. The molecule has 23 heavy (non-hydrogen) atoms. The number of para-hydroxylation sites is 1. The molecule has 2 N–H and O–H groups in total. The lowest BCUT2D eigenvalue weighted by Gasteiger charge is -2.12. The fourth-order valence-electron chi connectivity index (χ4n) is 3.16. The minimum absolute atomic E-state index is 0.0673. The first-order valence-electron chi connectivity index (χ1n) is 7.83. The maximum Gasteiger partial charge on any atom is 0.253 e. The summed E-state index contributed by atoms with van der Waals surface area (Å²) in [5, 5.41) is 10.8. The maximum absolute atomic E-state index is 12.4. The molecule has 0 fully saturated rings. The van der Waals surface area contributed by atoms with Crippen molar-refractivity contribution in [3.8, 4) is 0 Å². The number of hydrogen-bond donors (Lipinski definition) is 2. The van der Waals surface area contributed by atoms with Gasteiger partial charge in [0.15, 0.2) is 0 Å². The Hall–Kier alpha value is -2.62. The van der Waals surface area contributed by atoms with Crippen molar-refractivity contribution in [2.45, 2.75) is 27.2 Å². The average molecular weight is 307 g/mol. The van der Waals surface area contributed by atoms with E-state index in [9.17, 15) is 4.79 Å². The molecule has 0 bridgehead atoms. The van der Waals surface area contributed by atoms with Crippen LogP contribution >= 0.6 is 0 Å². The summed E-state index contributed by atoms with van der Waals surface area (Å²) in [6, 6.07) is 10.0. The number of aryl methyl sites for hydroxylation is 3. The molecular formula is C19H21N3O. The number of nitrogens with zero attached hydrogens (tertiary/aromatic N) is 1. The lowest BCUT2D eigenvalue weighted by atomic mass is 9.97. The van der Waals surface area contributed by atoms with Gasteiger partial charge in [0, 0.05) is 11.9 Å². The van der Waals surface area contributed by atoms with Gasteiger partial charge in [-0.05, 0) is 49.9 Å². The van der Waals surface area contributed by atoms with Crippen molar-refractivity contribution in [1.82, 2.24) is 15.5 Å². The van der Waals surface area contributed by atoms with Crippen molar-refractivity contribution in [1.29, 1.82) is 0 Å². The highest BCUT2D eigenvalue weighted by atomic mass is 16.1. The molecule has 4 nitrogen and oxygen atoms in total. The highest BCUT2D eigenvalue weighted by molar-refractivity contribution is 6.05. The highest BCUT2D eigenvalue weighted by Gasteiger charge is 2.11. The number of nitrogens with one attached hydrogen (secondary N) is 2. The van der Waals surface area contributed by atoms with Gasteiger partial charge in [0.25, 0.3) is 5.91 Å². The number of benzene rings is 2. The third-order valence-corrected chi connectivity index (χ3v) is 4.22. The molecule has 0 radical (unpaired) electrons. The van der Waals surface area contributed by atoms with Gasteiger partial charge in [-0.3, -0.25) is 9.89 Å². The van der Waals surface area contributed by atoms with E-state index in [1.165, 1.54) is 22.3 Å². The van der Waals surface area contributed by atoms with Crippen molar-refractivity contribution >= 4 is 16.8 Å². The Labute approximate surface area is 135 Å². The zero-order valence-corrected chi connectivity index (χ0v) is 13.7. The van der Waals surface area contributed by atoms with Crippen LogP contribution in [0.5, 0.6) is 0 Å². The van der Waals surface area contributed by atoms with E-state index in [1.807, 2.05) is 18.2 Å². The molecule has 4 heteroatoms. The molecule has 0 spiro atoms. The first-order chi connectivity index (χ1) is 11.1. The Balaban J connectivity index is 1.70. The Morgan fingerprint density at radius 1 is 1.17 bits per heavy atom. The molecule has 3 aromatic rings. The highest BCUT2D eigenvalue weighted by Crippen LogP contribution is 2.17. The molecule has 0 aliphatic heterocycles. The molecule has 1 amide bonds. The van der Waals surface area contributed by atoms with Gasteiger partial charge in [0.05, 0.1) is 17.3 Å². The number of carbonyl (C=O) groups excluding carboxylic acids is 1. The zero-order chi connectivity index (χ0) is 16.4. The Bertz CT molecular complexity index is 841. The monoisotopic (exact) mass is 307 g/mol. The first-order valence-corrected chi connectivity index (χ1v) is 7.83. The fourth-order valence-corrected chi connectivity index (χ4v) is 3.16. The Morgan fingerprint density at radius 3 is 2.65 bits per heavy atom. The summed E-state index contributed by atoms with van der Waals surface area (Å²) >= 11 is 0. The standard InChI is InChI=1S/C19H21N3O/c1-12-9-13(2)16(14(3)10-12)7-8-20-19(23)17-6-4-5-15-11-21-22-18(15)17/h4-6,9-11H,7-8H2,1-3H3,(H,20,23)(H,21,22). The summed E-state index contributed by atoms with van der Waals surface area (Å²) in [5.41, 5.74) is 6.58. The van der Waals surface area contributed by atoms with E-state index in [0.29, 0.717) is 12.1 Å². The second-order valence-corrected chi connectivity index (χ2v) is 6.02. The van der Waals surface area contributed by atoms with Crippen LogP contribution in [0.1, 0.15) is 32.6 Å². The molecule has 3 rings (SSSR count). The summed E-state index contributed by atoms with van der Waals surface area (Å²) in [7, 11) is 0. The SMILES string of the molecule is Cc1cc(C)c(CCNC(=O)c2cccc3cn[nH]c23)c(C)c1. The summed E-state index contributed by atoms with van der Waals surface area (Å²) in [6.07, 6.45) is 2.56. The van der Waals surface area contributed by atoms with E-state index in [0.717, 1.165) is 17.3 Å². The van der Waals surface area contributed by atoms with Crippen LogP contribution in [-0.2, 0) is 6.42 Å². The summed E-state index contributed by atoms with van der Waals surface area (Å²) in [4.78, 5) is 12.4. The van der Waals surface area contributed by atoms with Gasteiger partial charge in [-0.1, -0.05) is 29.8 Å². The number of H-pyrrole nitrogens is 1. The molecule has 0 aliphatic rings. The quantitative estimate of drug-likeness (QED) is 0.775. The lowest BCUT2D eigenvalue weighted by Crippen LogP contribution is -2.26. The van der Waals surface area contributed by atoms with Crippen LogP contribution in [0.2, 0.25) is 0 Å². The van der Waals surface area contributed by atoms with Gasteiger partial charge in [-0.2, -0.15) is 5.10 Å². The van der Waals surface area contributed by atoms with Crippen LogP contribution in [0.25, 0.3) is 10.9 Å². The number of aromatic amines is 1. The minimum Gasteiger partial charge on any atom is -0.352 e. The van der Waals surface area contributed by atoms with Crippen molar-refractivity contribution in [2.24, 2.45) is 0 Å². The van der Waals surface area contributed by atoms with Gasteiger partial charge in [0.1, 0.15) is 0 Å². The molecule has 0 unspecified atom stereocenters. The van der Waals surface area contributed by atoms with Gasteiger partial charge in [-0.25, -0.2) is 0 Å². The van der Waals surface area contributed by atoms with E-state index < -0.39 is 0 Å². The molecular weight excluding hydrogens is 286 g/mol. The second kappa shape index (κ2) is 6.24. The van der Waals surface area contributed by atoms with Gasteiger partial charge >= 0.3 is 0 Å². The van der Waals surface area contributed by atoms with Crippen LogP contribution < -0.4 is 5.32 Å². The molecule has 1 aromatic heterocycles. The third kappa shape index (κ3) is 3.11. The van der Waals surface area contributed by atoms with Crippen molar-refractivity contribution < 1.29 is 4.79 Å². The number of hydrogen-bond acceptors (Lipinski definition) is 2. The molecule has 1 heterocycles. The average Bonchev–Trinajstić information content (AvgIpc) is 2.98. The van der Waals surface area contributed by atoms with Gasteiger partial charge in [0.2, 0.25) is 0 Å². The van der Waals surface area contributed by atoms with Crippen molar-refractivity contribution in [3.63, 3.8) is 0 Å². The molecule has 0 saturated heterocycles. The molecule has 0 saturated carbocycles. The van der Waals surface area contributed by atoms with Crippen molar-refractivity contribution in [3.05, 3.63) is 64.3 Å². The van der Waals surface area contributed by atoms with E-state index in [2.05, 4.69) is 48.4 Å². The predicted octanol–water partition coefficient (Wildman–Crippen LogP) is 3.46. The maximum atomic E-state index is 12.4. The van der Waals surface area contributed by atoms with E-state index >= 15 is 0 Å². The smallest absolute Gasteiger partial charge is 0.253 e. The number of amides is 1. The van der Waals surface area contributed by atoms with Crippen LogP contribution in [0.3, 0.4) is 0 Å². The van der Waals surface area contributed by atoms with Gasteiger partial charge in [-0.15, -0.1) is 0 Å². The summed E-state index contributed by atoms with van der Waals surface area (Å²) < 4.78 is 0. The zero-order valence-electron chi connectivity index (χ0n) is 13.7. The van der Waals surface area contributed by atoms with Crippen LogP contribution in [0, 0.1) is 20.8 Å². The van der Waals surface area contributed by atoms with Crippen molar-refractivity contribution in [2.75, 3.05) is 6.54 Å². The lowest BCUT2D eigenvalue weighted by molar-refractivity contribution is 0.0955. The fraction of sp³-hybridized carbons (Fsp3) is 0.263. The normalized spacial score (nSPS) is 10.9. The van der Waals surface area contributed by atoms with E-state index in [1.54, 1.807) is 6.20 Å². The Morgan fingerprint density at radius 2 is 1.91 bits per heavy atom. The number of rotatable bonds is 4. The predicted molar refractivity (Wildman–Crippen MR) is 92.8 cm³/mol. The molecule has 2 aromatic carbocycles.